The summed E-state index contributed by atoms with van der Waals surface area (Å²) in [5, 5.41) is 11.9. The Kier molecular flexibility index (Phi) is 6.00. The van der Waals surface area contributed by atoms with Gasteiger partial charge in [-0.25, -0.2) is 4.39 Å². The molecule has 4 atom stereocenters. The Bertz CT molecular complexity index is 1210. The molecule has 11 heteroatoms. The van der Waals surface area contributed by atoms with Gasteiger partial charge in [0.05, 0.1) is 24.3 Å². The number of hydrogen-bond donors (Lipinski definition) is 1. The van der Waals surface area contributed by atoms with E-state index in [0.717, 1.165) is 26.2 Å². The Morgan fingerprint density at radius 3 is 2.54 bits per heavy atom. The van der Waals surface area contributed by atoms with Gasteiger partial charge in [-0.1, -0.05) is 13.0 Å². The first-order valence-corrected chi connectivity index (χ1v) is 10.8. The van der Waals surface area contributed by atoms with Crippen molar-refractivity contribution in [2.45, 2.75) is 55.9 Å². The Hall–Kier alpha value is -3.26. The quantitative estimate of drug-likeness (QED) is 0.590. The van der Waals surface area contributed by atoms with Crippen LogP contribution in [0.1, 0.15) is 43.9 Å². The van der Waals surface area contributed by atoms with Crippen molar-refractivity contribution >= 4 is 11.6 Å². The maximum Gasteiger partial charge on any atom is 0.417 e. The predicted octanol–water partition coefficient (Wildman–Crippen LogP) is 5.00. The number of aromatic nitrogens is 1. The lowest BCUT2D eigenvalue weighted by molar-refractivity contribution is -0.272. The van der Waals surface area contributed by atoms with Gasteiger partial charge in [0.2, 0.25) is 5.82 Å². The minimum absolute atomic E-state index is 0.121. The first kappa shape index (κ1) is 24.9. The van der Waals surface area contributed by atoms with E-state index in [1.54, 1.807) is 0 Å². The Morgan fingerprint density at radius 2 is 1.97 bits per heavy atom. The second kappa shape index (κ2) is 8.45. The topological polar surface area (TPSA) is 84.2 Å². The molecule has 1 aromatic carbocycles. The predicted molar refractivity (Wildman–Crippen MR) is 114 cm³/mol. The summed E-state index contributed by atoms with van der Waals surface area (Å²) in [6.45, 7) is 2.05. The lowest BCUT2D eigenvalue weighted by atomic mass is 9.77. The normalized spacial score (nSPS) is 27.2. The fourth-order valence-electron chi connectivity index (χ4n) is 4.57. The largest absolute Gasteiger partial charge is 0.493 e. The standard InChI is InChI=1S/C24H22F5N3O3/c1-12-17(14-4-5-15(25)18(26)19(14)34-3)20(35-22(12,2)24(27,28)29)21(33)32-13-6-9-31-16(10-13)23(11-30)7-8-23/h4-6,9-10,12,17,20H,7-8H2,1-3H3,(H,31,32,33). The summed E-state index contributed by atoms with van der Waals surface area (Å²) in [5.74, 6) is -6.80. The van der Waals surface area contributed by atoms with E-state index < -0.39 is 58.4 Å². The minimum Gasteiger partial charge on any atom is -0.493 e. The molecule has 2 fully saturated rings. The second-order valence-electron chi connectivity index (χ2n) is 9.05. The van der Waals surface area contributed by atoms with Gasteiger partial charge in [0.15, 0.2) is 17.2 Å². The van der Waals surface area contributed by atoms with E-state index in [4.69, 9.17) is 9.47 Å². The highest BCUT2D eigenvalue weighted by Gasteiger charge is 2.66. The molecule has 4 rings (SSSR count). The number of methoxy groups -OCH3 is 1. The number of amides is 1. The Morgan fingerprint density at radius 1 is 1.29 bits per heavy atom. The zero-order valence-corrected chi connectivity index (χ0v) is 19.0. The number of halogens is 5. The highest BCUT2D eigenvalue weighted by atomic mass is 19.4. The van der Waals surface area contributed by atoms with Crippen molar-refractivity contribution in [3.8, 4) is 11.8 Å². The second-order valence-corrected chi connectivity index (χ2v) is 9.05. The molecule has 1 amide bonds. The third-order valence-corrected chi connectivity index (χ3v) is 7.05. The number of rotatable bonds is 5. The van der Waals surface area contributed by atoms with Gasteiger partial charge in [-0.05, 0) is 38.0 Å². The van der Waals surface area contributed by atoms with Crippen molar-refractivity contribution in [1.82, 2.24) is 4.98 Å². The van der Waals surface area contributed by atoms with Crippen molar-refractivity contribution in [1.29, 1.82) is 5.26 Å². The lowest BCUT2D eigenvalue weighted by Gasteiger charge is -2.32. The van der Waals surface area contributed by atoms with Gasteiger partial charge in [-0.15, -0.1) is 0 Å². The number of carbonyl (C=O) groups excluding carboxylic acids is 1. The van der Waals surface area contributed by atoms with E-state index in [0.29, 0.717) is 18.5 Å². The molecule has 2 aliphatic rings. The number of alkyl halides is 3. The van der Waals surface area contributed by atoms with Gasteiger partial charge >= 0.3 is 6.18 Å². The van der Waals surface area contributed by atoms with Crippen LogP contribution in [-0.4, -0.2) is 35.9 Å². The van der Waals surface area contributed by atoms with Gasteiger partial charge in [0.25, 0.3) is 5.91 Å². The van der Waals surface area contributed by atoms with Crippen LogP contribution in [0.5, 0.6) is 5.75 Å². The number of nitrogens with zero attached hydrogens (tertiary/aromatic N) is 2. The molecule has 0 spiro atoms. The molecule has 4 unspecified atom stereocenters. The van der Waals surface area contributed by atoms with Crippen LogP contribution in [0.25, 0.3) is 0 Å². The molecule has 1 aromatic heterocycles. The number of nitrogens with one attached hydrogen (secondary N) is 1. The van der Waals surface area contributed by atoms with E-state index in [1.807, 2.05) is 0 Å². The van der Waals surface area contributed by atoms with Gasteiger partial charge in [0.1, 0.15) is 6.10 Å². The summed E-state index contributed by atoms with van der Waals surface area (Å²) in [5.41, 5.74) is -2.96. The number of carbonyl (C=O) groups is 1. The summed E-state index contributed by atoms with van der Waals surface area (Å²) in [6, 6.07) is 6.97. The van der Waals surface area contributed by atoms with E-state index in [2.05, 4.69) is 16.4 Å². The summed E-state index contributed by atoms with van der Waals surface area (Å²) in [6.07, 6.45) is -3.97. The zero-order valence-electron chi connectivity index (χ0n) is 19.0. The number of ether oxygens (including phenoxy) is 2. The number of benzene rings is 1. The minimum atomic E-state index is -4.86. The van der Waals surface area contributed by atoms with E-state index >= 15 is 0 Å². The third kappa shape index (κ3) is 3.99. The molecular formula is C24H22F5N3O3. The first-order chi connectivity index (χ1) is 16.4. The van der Waals surface area contributed by atoms with Crippen LogP contribution < -0.4 is 10.1 Å². The molecule has 2 heterocycles. The summed E-state index contributed by atoms with van der Waals surface area (Å²) in [4.78, 5) is 17.4. The summed E-state index contributed by atoms with van der Waals surface area (Å²) < 4.78 is 80.7. The molecule has 2 aromatic rings. The van der Waals surface area contributed by atoms with Crippen LogP contribution in [-0.2, 0) is 14.9 Å². The SMILES string of the molecule is COc1c(C2C(C(=O)Nc3ccnc(C4(C#N)CC4)c3)OC(C)(C(F)(F)F)C2C)ccc(F)c1F. The van der Waals surface area contributed by atoms with Gasteiger partial charge < -0.3 is 14.8 Å². The fraction of sp³-hybridized carbons (Fsp3) is 0.458. The Labute approximate surface area is 198 Å². The summed E-state index contributed by atoms with van der Waals surface area (Å²) in [7, 11) is 1.06. The average Bonchev–Trinajstić information content (AvgIpc) is 3.56. The zero-order chi connectivity index (χ0) is 25.8. The van der Waals surface area contributed by atoms with Gasteiger partial charge in [0, 0.05) is 29.3 Å². The van der Waals surface area contributed by atoms with Crippen molar-refractivity contribution in [2.24, 2.45) is 5.92 Å². The number of nitriles is 1. The van der Waals surface area contributed by atoms with Gasteiger partial charge in [-0.3, -0.25) is 9.78 Å². The molecule has 1 aliphatic carbocycles. The molecule has 6 nitrogen and oxygen atoms in total. The molecule has 1 saturated carbocycles. The monoisotopic (exact) mass is 495 g/mol. The fourth-order valence-corrected chi connectivity index (χ4v) is 4.57. The number of hydrogen-bond acceptors (Lipinski definition) is 5. The van der Waals surface area contributed by atoms with Crippen molar-refractivity contribution in [2.75, 3.05) is 12.4 Å². The average molecular weight is 495 g/mol. The first-order valence-electron chi connectivity index (χ1n) is 10.8. The van der Waals surface area contributed by atoms with Crippen molar-refractivity contribution in [3.63, 3.8) is 0 Å². The van der Waals surface area contributed by atoms with Crippen LogP contribution in [0, 0.1) is 28.9 Å². The molecule has 1 saturated heterocycles. The molecule has 35 heavy (non-hydrogen) atoms. The van der Waals surface area contributed by atoms with Crippen LogP contribution in [0.3, 0.4) is 0 Å². The molecular weight excluding hydrogens is 473 g/mol. The van der Waals surface area contributed by atoms with Gasteiger partial charge in [-0.2, -0.15) is 22.8 Å². The highest BCUT2D eigenvalue weighted by Crippen LogP contribution is 2.55. The van der Waals surface area contributed by atoms with Crippen LogP contribution in [0.4, 0.5) is 27.6 Å². The molecule has 186 valence electrons. The highest BCUT2D eigenvalue weighted by molar-refractivity contribution is 5.95. The van der Waals surface area contributed by atoms with Crippen molar-refractivity contribution < 1.29 is 36.2 Å². The summed E-state index contributed by atoms with van der Waals surface area (Å²) >= 11 is 0. The van der Waals surface area contributed by atoms with Crippen LogP contribution in [0.15, 0.2) is 30.5 Å². The van der Waals surface area contributed by atoms with E-state index in [9.17, 15) is 32.0 Å². The van der Waals surface area contributed by atoms with E-state index in [1.165, 1.54) is 25.3 Å². The maximum atomic E-state index is 14.4. The van der Waals surface area contributed by atoms with Crippen LogP contribution in [0.2, 0.25) is 0 Å². The number of pyridine rings is 1. The van der Waals surface area contributed by atoms with E-state index in [-0.39, 0.29) is 11.3 Å². The molecule has 1 N–H and O–H groups in total. The van der Waals surface area contributed by atoms with Crippen LogP contribution >= 0.6 is 0 Å². The third-order valence-electron chi connectivity index (χ3n) is 7.05. The maximum absolute atomic E-state index is 14.4. The number of anilines is 1. The molecule has 0 radical (unpaired) electrons. The van der Waals surface area contributed by atoms with Crippen molar-refractivity contribution in [3.05, 3.63) is 53.4 Å². The smallest absolute Gasteiger partial charge is 0.417 e. The molecule has 0 bridgehead atoms. The lowest BCUT2D eigenvalue weighted by Crippen LogP contribution is -2.47. The Balaban J connectivity index is 1.73. The molecule has 1 aliphatic heterocycles.